The van der Waals surface area contributed by atoms with Crippen LogP contribution in [-0.2, 0) is 21.4 Å². The Bertz CT molecular complexity index is 520. The summed E-state index contributed by atoms with van der Waals surface area (Å²) in [5, 5.41) is 3.00. The van der Waals surface area contributed by atoms with Gasteiger partial charge in [-0.1, -0.05) is 18.2 Å². The second-order valence-electron chi connectivity index (χ2n) is 4.79. The quantitative estimate of drug-likeness (QED) is 0.634. The summed E-state index contributed by atoms with van der Waals surface area (Å²) < 4.78 is 33.6. The summed E-state index contributed by atoms with van der Waals surface area (Å²) in [5.41, 5.74) is 1.53. The van der Waals surface area contributed by atoms with Crippen molar-refractivity contribution in [2.24, 2.45) is 0 Å². The number of benzene rings is 1. The molecule has 120 valence electrons. The van der Waals surface area contributed by atoms with Gasteiger partial charge in [0.1, 0.15) is 0 Å². The van der Waals surface area contributed by atoms with Crippen LogP contribution in [0.3, 0.4) is 0 Å². The van der Waals surface area contributed by atoms with Gasteiger partial charge >= 0.3 is 10.2 Å². The van der Waals surface area contributed by atoms with E-state index >= 15 is 0 Å². The van der Waals surface area contributed by atoms with Gasteiger partial charge in [0.2, 0.25) is 0 Å². The highest BCUT2D eigenvalue weighted by Crippen LogP contribution is 2.18. The molecule has 0 amide bonds. The second-order valence-corrected chi connectivity index (χ2v) is 6.56. The third-order valence-corrected chi connectivity index (χ3v) is 4.62. The third-order valence-electron chi connectivity index (χ3n) is 3.14. The molecule has 0 unspecified atom stereocenters. The molecular formula is C14H25N3O3S. The Morgan fingerprint density at radius 2 is 2.00 bits per heavy atom. The van der Waals surface area contributed by atoms with Crippen LogP contribution in [0.4, 0.5) is 5.69 Å². The molecule has 0 heterocycles. The number of hydrogen-bond donors (Lipinski definition) is 2. The molecule has 0 fully saturated rings. The van der Waals surface area contributed by atoms with E-state index in [1.165, 1.54) is 4.31 Å². The lowest BCUT2D eigenvalue weighted by Crippen LogP contribution is -2.34. The predicted molar refractivity (Wildman–Crippen MR) is 85.7 cm³/mol. The molecular weight excluding hydrogens is 290 g/mol. The minimum absolute atomic E-state index is 0.469. The fraction of sp³-hybridized carbons (Fsp3) is 0.571. The van der Waals surface area contributed by atoms with Crippen molar-refractivity contribution in [2.75, 3.05) is 45.6 Å². The van der Waals surface area contributed by atoms with E-state index in [-0.39, 0.29) is 0 Å². The summed E-state index contributed by atoms with van der Waals surface area (Å²) in [7, 11) is 1.53. The van der Waals surface area contributed by atoms with E-state index in [1.807, 2.05) is 25.2 Å². The van der Waals surface area contributed by atoms with Gasteiger partial charge in [0.15, 0.2) is 0 Å². The van der Waals surface area contributed by atoms with Crippen molar-refractivity contribution in [3.63, 3.8) is 0 Å². The SMILES string of the molecule is CNCCCN(C)S(=O)(=O)Nc1ccccc1CCOC. The number of nitrogens with zero attached hydrogens (tertiary/aromatic N) is 1. The first kappa shape index (κ1) is 17.9. The van der Waals surface area contributed by atoms with Gasteiger partial charge in [0, 0.05) is 20.7 Å². The molecule has 7 heteroatoms. The molecule has 0 atom stereocenters. The molecule has 0 spiro atoms. The molecule has 2 N–H and O–H groups in total. The smallest absolute Gasteiger partial charge is 0.301 e. The van der Waals surface area contributed by atoms with Crippen LogP contribution in [0.5, 0.6) is 0 Å². The van der Waals surface area contributed by atoms with Gasteiger partial charge in [-0.3, -0.25) is 4.72 Å². The van der Waals surface area contributed by atoms with E-state index in [1.54, 1.807) is 20.2 Å². The van der Waals surface area contributed by atoms with Crippen molar-refractivity contribution in [3.8, 4) is 0 Å². The minimum Gasteiger partial charge on any atom is -0.384 e. The normalized spacial score (nSPS) is 11.8. The first-order valence-corrected chi connectivity index (χ1v) is 8.40. The molecule has 1 rings (SSSR count). The largest absolute Gasteiger partial charge is 0.384 e. The molecule has 0 aliphatic carbocycles. The van der Waals surface area contributed by atoms with Crippen molar-refractivity contribution >= 4 is 15.9 Å². The van der Waals surface area contributed by atoms with Gasteiger partial charge in [0.25, 0.3) is 0 Å². The highest BCUT2D eigenvalue weighted by Gasteiger charge is 2.18. The third kappa shape index (κ3) is 6.01. The van der Waals surface area contributed by atoms with Crippen molar-refractivity contribution in [1.82, 2.24) is 9.62 Å². The van der Waals surface area contributed by atoms with Crippen molar-refractivity contribution in [3.05, 3.63) is 29.8 Å². The number of para-hydroxylation sites is 1. The Balaban J connectivity index is 2.74. The van der Waals surface area contributed by atoms with Gasteiger partial charge in [-0.2, -0.15) is 12.7 Å². The topological polar surface area (TPSA) is 70.7 Å². The zero-order valence-corrected chi connectivity index (χ0v) is 13.7. The molecule has 0 bridgehead atoms. The Kier molecular flexibility index (Phi) is 7.66. The van der Waals surface area contributed by atoms with E-state index < -0.39 is 10.2 Å². The average molecular weight is 315 g/mol. The number of ether oxygens (including phenoxy) is 1. The Hall–Kier alpha value is -1.15. The van der Waals surface area contributed by atoms with Gasteiger partial charge in [-0.15, -0.1) is 0 Å². The first-order chi connectivity index (χ1) is 10.0. The standard InChI is InChI=1S/C14H25N3O3S/c1-15-10-6-11-17(2)21(18,19)16-14-8-5-4-7-13(14)9-12-20-3/h4-5,7-8,15-16H,6,9-12H2,1-3H3. The summed E-state index contributed by atoms with van der Waals surface area (Å²) in [6.07, 6.45) is 1.43. The fourth-order valence-electron chi connectivity index (χ4n) is 1.87. The number of anilines is 1. The molecule has 0 saturated heterocycles. The van der Waals surface area contributed by atoms with Crippen LogP contribution in [0.2, 0.25) is 0 Å². The first-order valence-electron chi connectivity index (χ1n) is 6.96. The molecule has 6 nitrogen and oxygen atoms in total. The van der Waals surface area contributed by atoms with Crippen LogP contribution in [0.25, 0.3) is 0 Å². The molecule has 0 aliphatic rings. The van der Waals surface area contributed by atoms with E-state index in [4.69, 9.17) is 4.74 Å². The molecule has 0 aliphatic heterocycles. The fourth-order valence-corrected chi connectivity index (χ4v) is 2.87. The minimum atomic E-state index is -3.53. The molecule has 0 radical (unpaired) electrons. The predicted octanol–water partition coefficient (Wildman–Crippen LogP) is 1.07. The lowest BCUT2D eigenvalue weighted by atomic mass is 10.1. The maximum absolute atomic E-state index is 12.3. The zero-order chi connectivity index (χ0) is 15.7. The monoisotopic (exact) mass is 315 g/mol. The molecule has 21 heavy (non-hydrogen) atoms. The Morgan fingerprint density at radius 3 is 2.67 bits per heavy atom. The summed E-state index contributed by atoms with van der Waals surface area (Å²) in [6, 6.07) is 7.37. The van der Waals surface area contributed by atoms with Gasteiger partial charge in [-0.25, -0.2) is 0 Å². The number of rotatable bonds is 10. The van der Waals surface area contributed by atoms with Crippen LogP contribution in [0, 0.1) is 0 Å². The molecule has 1 aromatic rings. The maximum atomic E-state index is 12.3. The average Bonchev–Trinajstić information content (AvgIpc) is 2.46. The summed E-state index contributed by atoms with van der Waals surface area (Å²) >= 11 is 0. The highest BCUT2D eigenvalue weighted by molar-refractivity contribution is 7.90. The number of hydrogen-bond acceptors (Lipinski definition) is 4. The van der Waals surface area contributed by atoms with Crippen LogP contribution < -0.4 is 10.0 Å². The molecule has 0 saturated carbocycles. The van der Waals surface area contributed by atoms with Crippen molar-refractivity contribution < 1.29 is 13.2 Å². The lowest BCUT2D eigenvalue weighted by molar-refractivity contribution is 0.202. The highest BCUT2D eigenvalue weighted by atomic mass is 32.2. The molecule has 1 aromatic carbocycles. The maximum Gasteiger partial charge on any atom is 0.301 e. The summed E-state index contributed by atoms with van der Waals surface area (Å²) in [5.74, 6) is 0. The van der Waals surface area contributed by atoms with Crippen molar-refractivity contribution in [2.45, 2.75) is 12.8 Å². The van der Waals surface area contributed by atoms with Crippen LogP contribution in [0.1, 0.15) is 12.0 Å². The lowest BCUT2D eigenvalue weighted by Gasteiger charge is -2.19. The number of methoxy groups -OCH3 is 1. The van der Waals surface area contributed by atoms with E-state index in [0.717, 1.165) is 18.5 Å². The van der Waals surface area contributed by atoms with Crippen LogP contribution in [0.15, 0.2) is 24.3 Å². The number of nitrogens with one attached hydrogen (secondary N) is 2. The van der Waals surface area contributed by atoms with Crippen molar-refractivity contribution in [1.29, 1.82) is 0 Å². The van der Waals surface area contributed by atoms with Gasteiger partial charge < -0.3 is 10.1 Å². The Morgan fingerprint density at radius 1 is 1.29 bits per heavy atom. The Labute approximate surface area is 127 Å². The van der Waals surface area contributed by atoms with Crippen LogP contribution >= 0.6 is 0 Å². The molecule has 0 aromatic heterocycles. The van der Waals surface area contributed by atoms with Gasteiger partial charge in [-0.05, 0) is 38.1 Å². The van der Waals surface area contributed by atoms with E-state index in [9.17, 15) is 8.42 Å². The summed E-state index contributed by atoms with van der Waals surface area (Å²) in [4.78, 5) is 0. The summed E-state index contributed by atoms with van der Waals surface area (Å²) in [6.45, 7) is 1.80. The van der Waals surface area contributed by atoms with E-state index in [2.05, 4.69) is 10.0 Å². The zero-order valence-electron chi connectivity index (χ0n) is 12.9. The van der Waals surface area contributed by atoms with E-state index in [0.29, 0.717) is 25.3 Å². The second kappa shape index (κ2) is 8.99. The van der Waals surface area contributed by atoms with Gasteiger partial charge in [0.05, 0.1) is 12.3 Å². The van der Waals surface area contributed by atoms with Crippen LogP contribution in [-0.4, -0.2) is 53.6 Å².